The Kier molecular flexibility index (Phi) is 10.3. The third-order valence-corrected chi connectivity index (χ3v) is 4.67. The summed E-state index contributed by atoms with van der Waals surface area (Å²) in [5, 5.41) is 16.6. The molecule has 186 valence electrons. The SMILES string of the molecule is CC(C)/C=C/[C@H](NC(=O)[C@H](C)NC(=O)OC(C)(C)C)C(=O)NCC(=O)N1CCC[C@H]1C(=O)O. The van der Waals surface area contributed by atoms with Crippen molar-refractivity contribution in [1.82, 2.24) is 20.9 Å². The monoisotopic (exact) mass is 468 g/mol. The average molecular weight is 469 g/mol. The van der Waals surface area contributed by atoms with Gasteiger partial charge in [-0.25, -0.2) is 9.59 Å². The first kappa shape index (κ1) is 27.9. The molecule has 1 fully saturated rings. The van der Waals surface area contributed by atoms with Gasteiger partial charge in [0.05, 0.1) is 6.54 Å². The van der Waals surface area contributed by atoms with E-state index in [2.05, 4.69) is 16.0 Å². The summed E-state index contributed by atoms with van der Waals surface area (Å²) < 4.78 is 5.12. The molecule has 4 N–H and O–H groups in total. The molecule has 1 rings (SSSR count). The van der Waals surface area contributed by atoms with Crippen molar-refractivity contribution in [3.05, 3.63) is 12.2 Å². The lowest BCUT2D eigenvalue weighted by Crippen LogP contribution is -2.54. The van der Waals surface area contributed by atoms with Crippen LogP contribution in [-0.2, 0) is 23.9 Å². The van der Waals surface area contributed by atoms with E-state index in [0.29, 0.717) is 19.4 Å². The smallest absolute Gasteiger partial charge is 0.408 e. The normalized spacial score (nSPS) is 18.0. The van der Waals surface area contributed by atoms with E-state index >= 15 is 0 Å². The van der Waals surface area contributed by atoms with Crippen LogP contribution >= 0.6 is 0 Å². The Morgan fingerprint density at radius 2 is 1.70 bits per heavy atom. The molecule has 1 aliphatic heterocycles. The number of aliphatic carboxylic acids is 1. The number of hydrogen-bond acceptors (Lipinski definition) is 6. The van der Waals surface area contributed by atoms with Crippen LogP contribution in [0.2, 0.25) is 0 Å². The van der Waals surface area contributed by atoms with Gasteiger partial charge in [0, 0.05) is 6.54 Å². The second kappa shape index (κ2) is 12.2. The van der Waals surface area contributed by atoms with Crippen molar-refractivity contribution in [3.63, 3.8) is 0 Å². The van der Waals surface area contributed by atoms with Crippen LogP contribution in [0.15, 0.2) is 12.2 Å². The van der Waals surface area contributed by atoms with Crippen LogP contribution in [0.5, 0.6) is 0 Å². The van der Waals surface area contributed by atoms with Crippen molar-refractivity contribution in [2.45, 2.75) is 78.1 Å². The zero-order valence-electron chi connectivity index (χ0n) is 20.1. The molecule has 0 aliphatic carbocycles. The fourth-order valence-corrected chi connectivity index (χ4v) is 3.06. The number of likely N-dealkylation sites (tertiary alicyclic amines) is 1. The molecule has 0 aromatic carbocycles. The Morgan fingerprint density at radius 1 is 1.06 bits per heavy atom. The van der Waals surface area contributed by atoms with Crippen LogP contribution in [-0.4, -0.2) is 76.6 Å². The highest BCUT2D eigenvalue weighted by atomic mass is 16.6. The Morgan fingerprint density at radius 3 is 2.24 bits per heavy atom. The molecule has 1 aliphatic rings. The second-order valence-corrected chi connectivity index (χ2v) is 9.28. The van der Waals surface area contributed by atoms with Crippen LogP contribution < -0.4 is 16.0 Å². The number of nitrogens with zero attached hydrogens (tertiary/aromatic N) is 1. The Balaban J connectivity index is 2.75. The topological polar surface area (TPSA) is 154 Å². The molecule has 1 saturated heterocycles. The van der Waals surface area contributed by atoms with E-state index in [9.17, 15) is 29.1 Å². The first-order valence-corrected chi connectivity index (χ1v) is 11.0. The fraction of sp³-hybridized carbons (Fsp3) is 0.682. The quantitative estimate of drug-likeness (QED) is 0.365. The summed E-state index contributed by atoms with van der Waals surface area (Å²) in [5.74, 6) is -2.75. The van der Waals surface area contributed by atoms with Gasteiger partial charge in [0.1, 0.15) is 23.7 Å². The molecule has 0 unspecified atom stereocenters. The van der Waals surface area contributed by atoms with E-state index in [1.165, 1.54) is 17.9 Å². The maximum Gasteiger partial charge on any atom is 0.408 e. The Bertz CT molecular complexity index is 773. The summed E-state index contributed by atoms with van der Waals surface area (Å²) >= 11 is 0. The van der Waals surface area contributed by atoms with Crippen LogP contribution in [0.4, 0.5) is 4.79 Å². The molecular formula is C22H36N4O7. The molecule has 0 saturated carbocycles. The molecule has 11 nitrogen and oxygen atoms in total. The van der Waals surface area contributed by atoms with Crippen molar-refractivity contribution in [3.8, 4) is 0 Å². The van der Waals surface area contributed by atoms with Crippen molar-refractivity contribution < 1.29 is 33.8 Å². The molecule has 1 heterocycles. The van der Waals surface area contributed by atoms with Crippen LogP contribution in [0.1, 0.15) is 54.4 Å². The highest BCUT2D eigenvalue weighted by Crippen LogP contribution is 2.17. The molecule has 0 aromatic rings. The third kappa shape index (κ3) is 9.92. The minimum Gasteiger partial charge on any atom is -0.480 e. The van der Waals surface area contributed by atoms with Gasteiger partial charge in [-0.3, -0.25) is 14.4 Å². The van der Waals surface area contributed by atoms with Gasteiger partial charge in [0.15, 0.2) is 0 Å². The maximum absolute atomic E-state index is 12.7. The number of hydrogen-bond donors (Lipinski definition) is 4. The summed E-state index contributed by atoms with van der Waals surface area (Å²) in [6.07, 6.45) is 3.40. The van der Waals surface area contributed by atoms with Gasteiger partial charge in [-0.1, -0.05) is 26.0 Å². The van der Waals surface area contributed by atoms with Crippen molar-refractivity contribution in [1.29, 1.82) is 0 Å². The number of amides is 4. The van der Waals surface area contributed by atoms with Crippen molar-refractivity contribution in [2.24, 2.45) is 5.92 Å². The van der Waals surface area contributed by atoms with Gasteiger partial charge >= 0.3 is 12.1 Å². The highest BCUT2D eigenvalue weighted by Gasteiger charge is 2.34. The van der Waals surface area contributed by atoms with E-state index in [0.717, 1.165) is 0 Å². The van der Waals surface area contributed by atoms with Crippen LogP contribution in [0, 0.1) is 5.92 Å². The Labute approximate surface area is 194 Å². The lowest BCUT2D eigenvalue weighted by atomic mass is 10.1. The molecular weight excluding hydrogens is 432 g/mol. The number of nitrogens with one attached hydrogen (secondary N) is 3. The molecule has 4 amide bonds. The molecule has 0 radical (unpaired) electrons. The average Bonchev–Trinajstić information content (AvgIpc) is 3.17. The molecule has 33 heavy (non-hydrogen) atoms. The number of carbonyl (C=O) groups is 5. The minimum absolute atomic E-state index is 0.0945. The number of ether oxygens (including phenoxy) is 1. The summed E-state index contributed by atoms with van der Waals surface area (Å²) in [5.41, 5.74) is -0.732. The van der Waals surface area contributed by atoms with Crippen LogP contribution in [0.3, 0.4) is 0 Å². The molecule has 11 heteroatoms. The zero-order valence-corrected chi connectivity index (χ0v) is 20.1. The number of alkyl carbamates (subject to hydrolysis) is 1. The summed E-state index contributed by atoms with van der Waals surface area (Å²) in [4.78, 5) is 62.0. The molecule has 3 atom stereocenters. The lowest BCUT2D eigenvalue weighted by molar-refractivity contribution is -0.148. The predicted molar refractivity (Wildman–Crippen MR) is 120 cm³/mol. The van der Waals surface area contributed by atoms with Gasteiger partial charge in [0.25, 0.3) is 0 Å². The fourth-order valence-electron chi connectivity index (χ4n) is 3.06. The second-order valence-electron chi connectivity index (χ2n) is 9.28. The van der Waals surface area contributed by atoms with E-state index in [-0.39, 0.29) is 5.92 Å². The van der Waals surface area contributed by atoms with Gasteiger partial charge in [0.2, 0.25) is 17.7 Å². The first-order chi connectivity index (χ1) is 15.2. The lowest BCUT2D eigenvalue weighted by Gasteiger charge is -2.23. The third-order valence-electron chi connectivity index (χ3n) is 4.67. The van der Waals surface area contributed by atoms with Gasteiger partial charge in [-0.05, 0) is 46.5 Å². The number of carboxylic acids is 1. The first-order valence-electron chi connectivity index (χ1n) is 11.0. The minimum atomic E-state index is -1.09. The largest absolute Gasteiger partial charge is 0.480 e. The summed E-state index contributed by atoms with van der Waals surface area (Å²) in [6, 6.07) is -2.97. The van der Waals surface area contributed by atoms with Gasteiger partial charge < -0.3 is 30.7 Å². The summed E-state index contributed by atoms with van der Waals surface area (Å²) in [6.45, 7) is 10.2. The standard InChI is InChI=1S/C22H36N4O7/c1-13(2)9-10-15(25-18(28)14(3)24-21(32)33-22(4,5)6)19(29)23-12-17(27)26-11-7-8-16(26)20(30)31/h9-10,13-16H,7-8,11-12H2,1-6H3,(H,23,29)(H,24,32)(H,25,28)(H,30,31)/b10-9+/t14-,15-,16-/m0/s1. The number of allylic oxidation sites excluding steroid dienone is 1. The van der Waals surface area contributed by atoms with E-state index in [1.807, 2.05) is 13.8 Å². The molecule has 0 bridgehead atoms. The van der Waals surface area contributed by atoms with Crippen molar-refractivity contribution in [2.75, 3.05) is 13.1 Å². The van der Waals surface area contributed by atoms with Crippen molar-refractivity contribution >= 4 is 29.8 Å². The van der Waals surface area contributed by atoms with Crippen LogP contribution in [0.25, 0.3) is 0 Å². The van der Waals surface area contributed by atoms with Gasteiger partial charge in [-0.2, -0.15) is 0 Å². The van der Waals surface area contributed by atoms with Gasteiger partial charge in [-0.15, -0.1) is 0 Å². The molecule has 0 spiro atoms. The van der Waals surface area contributed by atoms with E-state index in [4.69, 9.17) is 4.74 Å². The molecule has 0 aromatic heterocycles. The van der Waals surface area contributed by atoms with E-state index in [1.54, 1.807) is 26.8 Å². The van der Waals surface area contributed by atoms with E-state index < -0.39 is 60.1 Å². The number of carbonyl (C=O) groups excluding carboxylic acids is 4. The zero-order chi connectivity index (χ0) is 25.3. The predicted octanol–water partition coefficient (Wildman–Crippen LogP) is 0.788. The maximum atomic E-state index is 12.7. The summed E-state index contributed by atoms with van der Waals surface area (Å²) in [7, 11) is 0. The highest BCUT2D eigenvalue weighted by molar-refractivity contribution is 5.94. The number of rotatable bonds is 9. The number of carboxylic acid groups (broad SMARTS) is 1. The Hall–Kier alpha value is -3.11.